The number of hydrogen-bond acceptors (Lipinski definition) is 5. The number of carbonyl (C=O) groups is 1. The monoisotopic (exact) mass is 371 g/mol. The van der Waals surface area contributed by atoms with Gasteiger partial charge in [0.25, 0.3) is 0 Å². The normalized spacial score (nSPS) is 21.1. The van der Waals surface area contributed by atoms with E-state index in [0.29, 0.717) is 25.9 Å². The van der Waals surface area contributed by atoms with Crippen molar-refractivity contribution in [2.45, 2.75) is 51.1 Å². The van der Waals surface area contributed by atoms with Gasteiger partial charge in [0.1, 0.15) is 11.4 Å². The van der Waals surface area contributed by atoms with Crippen LogP contribution in [-0.4, -0.2) is 43.6 Å². The molecule has 0 N–H and O–H groups in total. The molecule has 1 aliphatic carbocycles. The smallest absolute Gasteiger partial charge is 0.444 e. The summed E-state index contributed by atoms with van der Waals surface area (Å²) in [6.07, 6.45) is 2.14. The van der Waals surface area contributed by atoms with Gasteiger partial charge >= 0.3 is 21.7 Å². The van der Waals surface area contributed by atoms with Crippen molar-refractivity contribution >= 4 is 16.2 Å². The number of ether oxygens (including phenoxy) is 1. The van der Waals surface area contributed by atoms with Crippen LogP contribution in [0.4, 0.5) is 18.0 Å². The van der Waals surface area contributed by atoms with Gasteiger partial charge in [-0.25, -0.2) is 4.79 Å². The van der Waals surface area contributed by atoms with Gasteiger partial charge in [-0.2, -0.15) is 21.6 Å². The molecule has 24 heavy (non-hydrogen) atoms. The molecule has 1 saturated heterocycles. The highest BCUT2D eigenvalue weighted by Gasteiger charge is 2.51. The molecule has 0 unspecified atom stereocenters. The summed E-state index contributed by atoms with van der Waals surface area (Å²) in [5, 5.41) is 0. The van der Waals surface area contributed by atoms with Gasteiger partial charge in [0.2, 0.25) is 0 Å². The van der Waals surface area contributed by atoms with Gasteiger partial charge in [-0.15, -0.1) is 0 Å². The number of nitrogens with zero attached hydrogens (tertiary/aromatic N) is 1. The Hall–Kier alpha value is -1.45. The minimum absolute atomic E-state index is 0.116. The third-order valence-electron chi connectivity index (χ3n) is 3.90. The van der Waals surface area contributed by atoms with Gasteiger partial charge < -0.3 is 13.8 Å². The maximum atomic E-state index is 12.3. The van der Waals surface area contributed by atoms with E-state index in [4.69, 9.17) is 4.74 Å². The van der Waals surface area contributed by atoms with Crippen LogP contribution in [0.5, 0.6) is 0 Å². The molecule has 0 aromatic heterocycles. The zero-order valence-electron chi connectivity index (χ0n) is 13.6. The van der Waals surface area contributed by atoms with Crippen molar-refractivity contribution in [2.24, 2.45) is 5.41 Å². The fourth-order valence-electron chi connectivity index (χ4n) is 2.68. The topological polar surface area (TPSA) is 72.9 Å². The van der Waals surface area contributed by atoms with E-state index in [9.17, 15) is 26.4 Å². The third-order valence-corrected chi connectivity index (χ3v) is 4.91. The highest BCUT2D eigenvalue weighted by molar-refractivity contribution is 7.87. The number of rotatable bonds is 2. The van der Waals surface area contributed by atoms with Gasteiger partial charge in [0, 0.05) is 24.9 Å². The number of alkyl halides is 3. The number of hydrogen-bond donors (Lipinski definition) is 0. The molecule has 0 atom stereocenters. The van der Waals surface area contributed by atoms with Crippen molar-refractivity contribution in [1.29, 1.82) is 0 Å². The molecule has 2 aliphatic rings. The van der Waals surface area contributed by atoms with Crippen molar-refractivity contribution in [3.63, 3.8) is 0 Å². The Kier molecular flexibility index (Phi) is 4.58. The summed E-state index contributed by atoms with van der Waals surface area (Å²) in [4.78, 5) is 13.5. The summed E-state index contributed by atoms with van der Waals surface area (Å²) in [7, 11) is -5.61. The maximum Gasteiger partial charge on any atom is 0.534 e. The molecule has 1 fully saturated rings. The molecule has 0 aromatic carbocycles. The average molecular weight is 371 g/mol. The lowest BCUT2D eigenvalue weighted by Crippen LogP contribution is -2.47. The number of carbonyl (C=O) groups excluding carboxylic acids is 1. The first-order valence-electron chi connectivity index (χ1n) is 7.44. The summed E-state index contributed by atoms with van der Waals surface area (Å²) in [6.45, 7) is 6.07. The largest absolute Gasteiger partial charge is 0.534 e. The lowest BCUT2D eigenvalue weighted by Gasteiger charge is -2.45. The Morgan fingerprint density at radius 1 is 1.21 bits per heavy atom. The van der Waals surface area contributed by atoms with E-state index in [0.717, 1.165) is 0 Å². The summed E-state index contributed by atoms with van der Waals surface area (Å²) >= 11 is 0. The number of piperidine rings is 1. The molecule has 0 bridgehead atoms. The summed E-state index contributed by atoms with van der Waals surface area (Å²) in [6, 6.07) is 0. The molecule has 1 spiro atoms. The Labute approximate surface area is 138 Å². The number of halogens is 3. The number of likely N-dealkylation sites (tertiary alicyclic amines) is 1. The summed E-state index contributed by atoms with van der Waals surface area (Å²) < 4.78 is 68.1. The Morgan fingerprint density at radius 3 is 2.12 bits per heavy atom. The molecule has 138 valence electrons. The zero-order chi connectivity index (χ0) is 18.4. The second-order valence-electron chi connectivity index (χ2n) is 7.10. The van der Waals surface area contributed by atoms with E-state index in [1.54, 1.807) is 20.8 Å². The molecule has 1 aliphatic heterocycles. The third kappa shape index (κ3) is 4.14. The first-order valence-corrected chi connectivity index (χ1v) is 8.84. The van der Waals surface area contributed by atoms with E-state index < -0.39 is 32.7 Å². The standard InChI is InChI=1S/C14H20F3NO5S/c1-12(2,3)22-11(19)18-6-4-13(5-7-18)8-10(9-13)23-24(20,21)14(15,16)17/h8H,4-7,9H2,1-3H3. The van der Waals surface area contributed by atoms with Crippen LogP contribution >= 0.6 is 0 Å². The van der Waals surface area contributed by atoms with Crippen molar-refractivity contribution in [3.8, 4) is 0 Å². The molecule has 6 nitrogen and oxygen atoms in total. The Balaban J connectivity index is 1.90. The minimum atomic E-state index is -5.61. The van der Waals surface area contributed by atoms with E-state index in [2.05, 4.69) is 4.18 Å². The van der Waals surface area contributed by atoms with Crippen molar-refractivity contribution in [2.75, 3.05) is 13.1 Å². The SMILES string of the molecule is CC(C)(C)OC(=O)N1CCC2(C=C(OS(=O)(=O)C(F)(F)F)C2)CC1. The van der Waals surface area contributed by atoms with Crippen LogP contribution < -0.4 is 0 Å². The van der Waals surface area contributed by atoms with Crippen molar-refractivity contribution < 1.29 is 35.3 Å². The van der Waals surface area contributed by atoms with Gasteiger partial charge in [-0.05, 0) is 39.7 Å². The molecule has 2 rings (SSSR count). The predicted molar refractivity (Wildman–Crippen MR) is 78.2 cm³/mol. The van der Waals surface area contributed by atoms with Crippen molar-refractivity contribution in [1.82, 2.24) is 4.90 Å². The molecule has 0 saturated carbocycles. The second kappa shape index (κ2) is 5.82. The molecule has 10 heteroatoms. The van der Waals surface area contributed by atoms with E-state index in [1.165, 1.54) is 11.0 Å². The minimum Gasteiger partial charge on any atom is -0.444 e. The predicted octanol–water partition coefficient (Wildman–Crippen LogP) is 3.16. The highest BCUT2D eigenvalue weighted by atomic mass is 32.2. The second-order valence-corrected chi connectivity index (χ2v) is 8.64. The quantitative estimate of drug-likeness (QED) is 0.551. The molecule has 0 aromatic rings. The van der Waals surface area contributed by atoms with E-state index in [1.807, 2.05) is 0 Å². The van der Waals surface area contributed by atoms with Crippen LogP contribution in [0.1, 0.15) is 40.0 Å². The first kappa shape index (κ1) is 18.9. The summed E-state index contributed by atoms with van der Waals surface area (Å²) in [5.41, 5.74) is -6.44. The van der Waals surface area contributed by atoms with Crippen LogP contribution in [0.2, 0.25) is 0 Å². The van der Waals surface area contributed by atoms with Gasteiger partial charge in [0.05, 0.1) is 0 Å². The van der Waals surface area contributed by atoms with Crippen LogP contribution in [-0.2, 0) is 19.0 Å². The fourth-order valence-corrected chi connectivity index (χ4v) is 3.17. The first-order chi connectivity index (χ1) is 10.7. The Morgan fingerprint density at radius 2 is 1.71 bits per heavy atom. The number of amides is 1. The lowest BCUT2D eigenvalue weighted by molar-refractivity contribution is -0.0534. The molecule has 1 amide bonds. The van der Waals surface area contributed by atoms with Gasteiger partial charge in [0.15, 0.2) is 0 Å². The van der Waals surface area contributed by atoms with Gasteiger partial charge in [-0.3, -0.25) is 0 Å². The van der Waals surface area contributed by atoms with Crippen LogP contribution in [0.25, 0.3) is 0 Å². The molecule has 0 radical (unpaired) electrons. The fraction of sp³-hybridized carbons (Fsp3) is 0.786. The average Bonchev–Trinajstić information content (AvgIpc) is 2.33. The highest BCUT2D eigenvalue weighted by Crippen LogP contribution is 2.48. The summed E-state index contributed by atoms with van der Waals surface area (Å²) in [5.74, 6) is -0.196. The Bertz CT molecular complexity index is 640. The van der Waals surface area contributed by atoms with Crippen LogP contribution in [0.3, 0.4) is 0 Å². The maximum absolute atomic E-state index is 12.3. The van der Waals surface area contributed by atoms with Gasteiger partial charge in [-0.1, -0.05) is 0 Å². The zero-order valence-corrected chi connectivity index (χ0v) is 14.5. The van der Waals surface area contributed by atoms with Crippen LogP contribution in [0, 0.1) is 5.41 Å². The molecular formula is C14H20F3NO5S. The van der Waals surface area contributed by atoms with Crippen LogP contribution in [0.15, 0.2) is 11.8 Å². The molecular weight excluding hydrogens is 351 g/mol. The van der Waals surface area contributed by atoms with E-state index >= 15 is 0 Å². The lowest BCUT2D eigenvalue weighted by atomic mass is 9.68. The molecule has 1 heterocycles. The number of allylic oxidation sites excluding steroid dienone is 2. The van der Waals surface area contributed by atoms with Crippen molar-refractivity contribution in [3.05, 3.63) is 11.8 Å². The van der Waals surface area contributed by atoms with E-state index in [-0.39, 0.29) is 12.2 Å².